The number of rotatable bonds is 8. The van der Waals surface area contributed by atoms with E-state index in [9.17, 15) is 5.11 Å². The van der Waals surface area contributed by atoms with Crippen LogP contribution in [0.3, 0.4) is 0 Å². The largest absolute Gasteiger partial charge is 0.396 e. The molecule has 0 spiro atoms. The van der Waals surface area contributed by atoms with E-state index in [1.54, 1.807) is 7.05 Å². The molecule has 162 valence electrons. The maximum absolute atomic E-state index is 9.75. The average Bonchev–Trinajstić information content (AvgIpc) is 3.06. The highest BCUT2D eigenvalue weighted by molar-refractivity contribution is 5.79. The molecule has 1 saturated heterocycles. The maximum Gasteiger partial charge on any atom is 0.191 e. The molecule has 0 bridgehead atoms. The Morgan fingerprint density at radius 3 is 2.40 bits per heavy atom. The second kappa shape index (κ2) is 12.4. The number of aliphatic hydroxyl groups is 1. The van der Waals surface area contributed by atoms with Gasteiger partial charge in [-0.05, 0) is 42.6 Å². The molecule has 5 heteroatoms. The zero-order valence-corrected chi connectivity index (χ0v) is 18.2. The van der Waals surface area contributed by atoms with E-state index in [2.05, 4.69) is 56.9 Å². The standard InChI is InChI=1S/C25H36N4O/c1-26-25(28-18-24(20-30)23-12-5-4-6-13-23)27-17-21-10-9-11-22(16-21)19-29-14-7-2-3-8-15-29/h4-6,9-13,16,24,30H,2-3,7-8,14-15,17-20H2,1H3,(H2,26,27,28). The number of aliphatic imine (C=N–C) groups is 1. The summed E-state index contributed by atoms with van der Waals surface area (Å²) >= 11 is 0. The summed E-state index contributed by atoms with van der Waals surface area (Å²) in [7, 11) is 1.78. The number of likely N-dealkylation sites (tertiary alicyclic amines) is 1. The van der Waals surface area contributed by atoms with Crippen LogP contribution >= 0.6 is 0 Å². The third-order valence-corrected chi connectivity index (χ3v) is 5.79. The zero-order valence-electron chi connectivity index (χ0n) is 18.2. The summed E-state index contributed by atoms with van der Waals surface area (Å²) in [5.74, 6) is 0.795. The highest BCUT2D eigenvalue weighted by Crippen LogP contribution is 2.15. The summed E-state index contributed by atoms with van der Waals surface area (Å²) in [5, 5.41) is 16.5. The van der Waals surface area contributed by atoms with Crippen LogP contribution in [0.4, 0.5) is 0 Å². The number of guanidine groups is 1. The first-order valence-corrected chi connectivity index (χ1v) is 11.2. The molecule has 0 aliphatic carbocycles. The third kappa shape index (κ3) is 7.15. The summed E-state index contributed by atoms with van der Waals surface area (Å²) in [6.45, 7) is 4.93. The molecule has 0 aromatic heterocycles. The molecule has 3 N–H and O–H groups in total. The van der Waals surface area contributed by atoms with Gasteiger partial charge in [-0.2, -0.15) is 0 Å². The highest BCUT2D eigenvalue weighted by atomic mass is 16.3. The SMILES string of the molecule is CN=C(NCc1cccc(CN2CCCCCC2)c1)NCC(CO)c1ccccc1. The van der Waals surface area contributed by atoms with Crippen LogP contribution in [0.1, 0.15) is 48.3 Å². The van der Waals surface area contributed by atoms with Crippen LogP contribution in [0.2, 0.25) is 0 Å². The van der Waals surface area contributed by atoms with Gasteiger partial charge >= 0.3 is 0 Å². The van der Waals surface area contributed by atoms with E-state index in [0.29, 0.717) is 6.54 Å². The van der Waals surface area contributed by atoms with Crippen LogP contribution in [0.25, 0.3) is 0 Å². The number of nitrogens with zero attached hydrogens (tertiary/aromatic N) is 2. The monoisotopic (exact) mass is 408 g/mol. The molecule has 1 unspecified atom stereocenters. The number of nitrogens with one attached hydrogen (secondary N) is 2. The van der Waals surface area contributed by atoms with Crippen molar-refractivity contribution < 1.29 is 5.11 Å². The first-order valence-electron chi connectivity index (χ1n) is 11.2. The molecule has 0 radical (unpaired) electrons. The number of hydrogen-bond donors (Lipinski definition) is 3. The van der Waals surface area contributed by atoms with Crippen molar-refractivity contribution in [2.45, 2.75) is 44.7 Å². The van der Waals surface area contributed by atoms with Gasteiger partial charge < -0.3 is 15.7 Å². The van der Waals surface area contributed by atoms with Gasteiger partial charge in [-0.25, -0.2) is 0 Å². The summed E-state index contributed by atoms with van der Waals surface area (Å²) < 4.78 is 0. The molecule has 3 rings (SSSR count). The highest BCUT2D eigenvalue weighted by Gasteiger charge is 2.12. The summed E-state index contributed by atoms with van der Waals surface area (Å²) in [6.07, 6.45) is 5.38. The van der Waals surface area contributed by atoms with E-state index in [0.717, 1.165) is 24.6 Å². The lowest BCUT2D eigenvalue weighted by Gasteiger charge is -2.20. The quantitative estimate of drug-likeness (QED) is 0.462. The number of hydrogen-bond acceptors (Lipinski definition) is 3. The van der Waals surface area contributed by atoms with Crippen molar-refractivity contribution in [2.75, 3.05) is 33.3 Å². The van der Waals surface area contributed by atoms with Gasteiger partial charge in [0.25, 0.3) is 0 Å². The fourth-order valence-corrected chi connectivity index (χ4v) is 4.03. The predicted octanol–water partition coefficient (Wildman–Crippen LogP) is 3.50. The Kier molecular flexibility index (Phi) is 9.19. The van der Waals surface area contributed by atoms with E-state index < -0.39 is 0 Å². The average molecular weight is 409 g/mol. The topological polar surface area (TPSA) is 59.9 Å². The lowest BCUT2D eigenvalue weighted by Crippen LogP contribution is -2.39. The molecule has 2 aromatic rings. The molecule has 1 aliphatic rings. The summed E-state index contributed by atoms with van der Waals surface area (Å²) in [4.78, 5) is 6.92. The molecule has 30 heavy (non-hydrogen) atoms. The molecule has 1 fully saturated rings. The van der Waals surface area contributed by atoms with Gasteiger partial charge in [-0.3, -0.25) is 9.89 Å². The van der Waals surface area contributed by atoms with E-state index in [1.165, 1.54) is 49.9 Å². The molecular weight excluding hydrogens is 372 g/mol. The zero-order chi connectivity index (χ0) is 21.0. The number of aliphatic hydroxyl groups excluding tert-OH is 1. The Morgan fingerprint density at radius 1 is 0.967 bits per heavy atom. The lowest BCUT2D eigenvalue weighted by molar-refractivity contribution is 0.265. The Bertz CT molecular complexity index is 770. The van der Waals surface area contributed by atoms with Gasteiger partial charge in [0.1, 0.15) is 0 Å². The van der Waals surface area contributed by atoms with Gasteiger partial charge in [-0.15, -0.1) is 0 Å². The van der Waals surface area contributed by atoms with Crippen molar-refractivity contribution in [3.8, 4) is 0 Å². The molecule has 1 heterocycles. The van der Waals surface area contributed by atoms with Crippen molar-refractivity contribution >= 4 is 5.96 Å². The Balaban J connectivity index is 1.49. The minimum atomic E-state index is 0.0432. The summed E-state index contributed by atoms with van der Waals surface area (Å²) in [6, 6.07) is 18.9. The molecular formula is C25H36N4O. The molecule has 5 nitrogen and oxygen atoms in total. The van der Waals surface area contributed by atoms with Crippen molar-refractivity contribution in [3.63, 3.8) is 0 Å². The van der Waals surface area contributed by atoms with Crippen molar-refractivity contribution in [3.05, 3.63) is 71.3 Å². The van der Waals surface area contributed by atoms with Crippen LogP contribution < -0.4 is 10.6 Å². The number of benzene rings is 2. The second-order valence-electron chi connectivity index (χ2n) is 8.11. The van der Waals surface area contributed by atoms with Gasteiger partial charge in [0.05, 0.1) is 6.61 Å². The van der Waals surface area contributed by atoms with E-state index in [4.69, 9.17) is 0 Å². The molecule has 0 amide bonds. The Labute approximate surface area is 181 Å². The first-order chi connectivity index (χ1) is 14.8. The van der Waals surface area contributed by atoms with E-state index in [-0.39, 0.29) is 12.5 Å². The molecule has 0 saturated carbocycles. The Morgan fingerprint density at radius 2 is 1.70 bits per heavy atom. The van der Waals surface area contributed by atoms with E-state index in [1.807, 2.05) is 18.2 Å². The Hall–Kier alpha value is -2.37. The van der Waals surface area contributed by atoms with Crippen molar-refractivity contribution in [1.29, 1.82) is 0 Å². The normalized spacial score (nSPS) is 16.7. The van der Waals surface area contributed by atoms with Gasteiger partial charge in [-0.1, -0.05) is 67.4 Å². The van der Waals surface area contributed by atoms with Crippen LogP contribution in [0, 0.1) is 0 Å². The predicted molar refractivity (Wildman–Crippen MR) is 125 cm³/mol. The van der Waals surface area contributed by atoms with Gasteiger partial charge in [0.15, 0.2) is 5.96 Å². The van der Waals surface area contributed by atoms with Crippen molar-refractivity contribution in [1.82, 2.24) is 15.5 Å². The van der Waals surface area contributed by atoms with Crippen LogP contribution in [0.5, 0.6) is 0 Å². The van der Waals surface area contributed by atoms with Crippen LogP contribution in [0.15, 0.2) is 59.6 Å². The molecule has 1 aliphatic heterocycles. The van der Waals surface area contributed by atoms with Gasteiger partial charge in [0, 0.05) is 32.6 Å². The third-order valence-electron chi connectivity index (χ3n) is 5.79. The smallest absolute Gasteiger partial charge is 0.191 e. The minimum Gasteiger partial charge on any atom is -0.396 e. The lowest BCUT2D eigenvalue weighted by atomic mass is 10.0. The van der Waals surface area contributed by atoms with E-state index >= 15 is 0 Å². The fourth-order valence-electron chi connectivity index (χ4n) is 4.03. The van der Waals surface area contributed by atoms with Crippen molar-refractivity contribution in [2.24, 2.45) is 4.99 Å². The second-order valence-corrected chi connectivity index (χ2v) is 8.11. The van der Waals surface area contributed by atoms with Gasteiger partial charge in [0.2, 0.25) is 0 Å². The first kappa shape index (κ1) is 22.3. The van der Waals surface area contributed by atoms with Crippen LogP contribution in [-0.2, 0) is 13.1 Å². The minimum absolute atomic E-state index is 0.0432. The maximum atomic E-state index is 9.75. The molecule has 2 aromatic carbocycles. The molecule has 1 atom stereocenters. The van der Waals surface area contributed by atoms with Crippen LogP contribution in [-0.4, -0.2) is 49.3 Å². The summed E-state index contributed by atoms with van der Waals surface area (Å²) in [5.41, 5.74) is 3.76. The fraction of sp³-hybridized carbons (Fsp3) is 0.480.